The summed E-state index contributed by atoms with van der Waals surface area (Å²) in [7, 11) is -3.63. The number of carbonyl (C=O) groups excluding carboxylic acids is 1. The normalized spacial score (nSPS) is 11.6. The average molecular weight is 385 g/mol. The summed E-state index contributed by atoms with van der Waals surface area (Å²) in [6, 6.07) is 11.5. The first-order chi connectivity index (χ1) is 11.2. The summed E-state index contributed by atoms with van der Waals surface area (Å²) in [5.74, 6) is -0.691. The van der Waals surface area contributed by atoms with Crippen molar-refractivity contribution >= 4 is 50.9 Å². The number of anilines is 1. The van der Waals surface area contributed by atoms with Gasteiger partial charge in [0.1, 0.15) is 0 Å². The van der Waals surface area contributed by atoms with Gasteiger partial charge in [0.25, 0.3) is 0 Å². The van der Waals surface area contributed by atoms with Crippen molar-refractivity contribution in [3.8, 4) is 0 Å². The van der Waals surface area contributed by atoms with E-state index in [1.54, 1.807) is 42.5 Å². The largest absolute Gasteiger partial charge is 0.323 e. The summed E-state index contributed by atoms with van der Waals surface area (Å²) in [5.41, 5.74) is 1.56. The van der Waals surface area contributed by atoms with Crippen molar-refractivity contribution in [1.29, 1.82) is 0 Å². The Bertz CT molecular complexity index is 896. The van der Waals surface area contributed by atoms with Gasteiger partial charge in [0.2, 0.25) is 15.9 Å². The monoisotopic (exact) mass is 384 g/mol. The molecule has 1 amide bonds. The van der Waals surface area contributed by atoms with E-state index in [1.165, 1.54) is 12.2 Å². The molecule has 2 rings (SSSR count). The minimum atomic E-state index is -3.63. The molecule has 0 aliphatic heterocycles. The van der Waals surface area contributed by atoms with Crippen molar-refractivity contribution in [2.45, 2.75) is 5.75 Å². The Morgan fingerprint density at radius 3 is 2.58 bits per heavy atom. The highest BCUT2D eigenvalue weighted by Gasteiger charge is 2.07. The van der Waals surface area contributed by atoms with Crippen molar-refractivity contribution in [1.82, 2.24) is 0 Å². The van der Waals surface area contributed by atoms with Crippen LogP contribution in [0.1, 0.15) is 11.1 Å². The zero-order chi connectivity index (χ0) is 17.7. The van der Waals surface area contributed by atoms with E-state index >= 15 is 0 Å². The van der Waals surface area contributed by atoms with Gasteiger partial charge in [-0.1, -0.05) is 47.5 Å². The van der Waals surface area contributed by atoms with Crippen LogP contribution in [0.4, 0.5) is 5.69 Å². The molecular weight excluding hydrogens is 371 g/mol. The van der Waals surface area contributed by atoms with Gasteiger partial charge in [0.15, 0.2) is 0 Å². The second-order valence-corrected chi connectivity index (χ2v) is 7.37. The number of nitrogens with two attached hydrogens (primary N) is 1. The molecule has 3 N–H and O–H groups in total. The SMILES string of the molecule is NS(=O)(=O)Cc1cccc(NC(=O)/C=C/c2cccc(Cl)c2Cl)c1. The molecule has 0 atom stereocenters. The molecule has 0 aliphatic rings. The molecule has 0 saturated carbocycles. The molecule has 0 unspecified atom stereocenters. The molecule has 0 aliphatic carbocycles. The molecule has 0 radical (unpaired) electrons. The molecule has 8 heteroatoms. The molecule has 2 aromatic rings. The summed E-state index contributed by atoms with van der Waals surface area (Å²) in [6.45, 7) is 0. The number of sulfonamides is 1. The van der Waals surface area contributed by atoms with Crippen molar-refractivity contribution in [3.05, 3.63) is 69.7 Å². The number of hydrogen-bond donors (Lipinski definition) is 2. The minimum Gasteiger partial charge on any atom is -0.323 e. The van der Waals surface area contributed by atoms with Crippen LogP contribution >= 0.6 is 23.2 Å². The third-order valence-corrected chi connectivity index (χ3v) is 4.53. The third-order valence-electron chi connectivity index (χ3n) is 2.96. The lowest BCUT2D eigenvalue weighted by atomic mass is 10.2. The standard InChI is InChI=1S/C16H14Cl2N2O3S/c17-14-6-2-4-12(16(14)18)7-8-15(21)20-13-5-1-3-11(9-13)10-24(19,22)23/h1-9H,10H2,(H,20,21)(H2,19,22,23)/b8-7+. The molecule has 0 fully saturated rings. The molecule has 126 valence electrons. The maximum atomic E-state index is 12.0. The van der Waals surface area contributed by atoms with E-state index in [9.17, 15) is 13.2 Å². The Labute approximate surface area is 150 Å². The van der Waals surface area contributed by atoms with Gasteiger partial charge in [-0.25, -0.2) is 13.6 Å². The molecule has 0 aromatic heterocycles. The third kappa shape index (κ3) is 5.65. The lowest BCUT2D eigenvalue weighted by Crippen LogP contribution is -2.15. The van der Waals surface area contributed by atoms with Crippen LogP contribution in [-0.2, 0) is 20.6 Å². The first-order valence-corrected chi connectivity index (χ1v) is 9.24. The highest BCUT2D eigenvalue weighted by atomic mass is 35.5. The molecule has 5 nitrogen and oxygen atoms in total. The second-order valence-electron chi connectivity index (χ2n) is 4.97. The van der Waals surface area contributed by atoms with Gasteiger partial charge in [-0.05, 0) is 35.4 Å². The van der Waals surface area contributed by atoms with Crippen molar-refractivity contribution in [2.24, 2.45) is 5.14 Å². The Morgan fingerprint density at radius 1 is 1.17 bits per heavy atom. The lowest BCUT2D eigenvalue weighted by molar-refractivity contribution is -0.111. The predicted molar refractivity (Wildman–Crippen MR) is 97.4 cm³/mol. The molecule has 24 heavy (non-hydrogen) atoms. The van der Waals surface area contributed by atoms with Crippen LogP contribution in [0.3, 0.4) is 0 Å². The van der Waals surface area contributed by atoms with E-state index in [4.69, 9.17) is 28.3 Å². The summed E-state index contributed by atoms with van der Waals surface area (Å²) >= 11 is 11.9. The van der Waals surface area contributed by atoms with Gasteiger partial charge >= 0.3 is 0 Å². The summed E-state index contributed by atoms with van der Waals surface area (Å²) in [4.78, 5) is 12.0. The van der Waals surface area contributed by atoms with E-state index in [-0.39, 0.29) is 5.75 Å². The fourth-order valence-corrected chi connectivity index (χ4v) is 2.98. The number of nitrogens with one attached hydrogen (secondary N) is 1. The Morgan fingerprint density at radius 2 is 1.88 bits per heavy atom. The average Bonchev–Trinajstić information content (AvgIpc) is 2.47. The van der Waals surface area contributed by atoms with Gasteiger partial charge in [-0.3, -0.25) is 4.79 Å². The quantitative estimate of drug-likeness (QED) is 0.773. The summed E-state index contributed by atoms with van der Waals surface area (Å²) in [5, 5.41) is 8.40. The zero-order valence-electron chi connectivity index (χ0n) is 12.4. The van der Waals surface area contributed by atoms with E-state index in [0.717, 1.165) is 0 Å². The minimum absolute atomic E-state index is 0.301. The second kappa shape index (κ2) is 7.81. The number of primary sulfonamides is 1. The molecular formula is C16H14Cl2N2O3S. The highest BCUT2D eigenvalue weighted by Crippen LogP contribution is 2.26. The predicted octanol–water partition coefficient (Wildman–Crippen LogP) is 3.43. The van der Waals surface area contributed by atoms with Crippen LogP contribution in [0.15, 0.2) is 48.5 Å². The Balaban J connectivity index is 2.08. The number of benzene rings is 2. The van der Waals surface area contributed by atoms with E-state index in [0.29, 0.717) is 26.9 Å². The van der Waals surface area contributed by atoms with Crippen LogP contribution in [0.2, 0.25) is 10.0 Å². The zero-order valence-corrected chi connectivity index (χ0v) is 14.7. The number of hydrogen-bond acceptors (Lipinski definition) is 3. The van der Waals surface area contributed by atoms with E-state index in [1.807, 2.05) is 0 Å². The van der Waals surface area contributed by atoms with Crippen molar-refractivity contribution in [2.75, 3.05) is 5.32 Å². The number of rotatable bonds is 5. The van der Waals surface area contributed by atoms with Crippen LogP contribution in [-0.4, -0.2) is 14.3 Å². The van der Waals surface area contributed by atoms with Gasteiger partial charge in [-0.15, -0.1) is 0 Å². The fourth-order valence-electron chi connectivity index (χ4n) is 1.97. The van der Waals surface area contributed by atoms with Gasteiger partial charge in [0.05, 0.1) is 15.8 Å². The summed E-state index contributed by atoms with van der Waals surface area (Å²) < 4.78 is 22.2. The summed E-state index contributed by atoms with van der Waals surface area (Å²) in [6.07, 6.45) is 2.85. The highest BCUT2D eigenvalue weighted by molar-refractivity contribution is 7.88. The van der Waals surface area contributed by atoms with Gasteiger partial charge in [0, 0.05) is 11.8 Å². The van der Waals surface area contributed by atoms with E-state index < -0.39 is 15.9 Å². The van der Waals surface area contributed by atoms with Crippen molar-refractivity contribution < 1.29 is 13.2 Å². The van der Waals surface area contributed by atoms with Crippen LogP contribution in [0, 0.1) is 0 Å². The van der Waals surface area contributed by atoms with Crippen molar-refractivity contribution in [3.63, 3.8) is 0 Å². The maximum absolute atomic E-state index is 12.0. The van der Waals surface area contributed by atoms with E-state index in [2.05, 4.69) is 5.32 Å². The number of amides is 1. The Kier molecular flexibility index (Phi) is 6.01. The Hall–Kier alpha value is -1.86. The van der Waals surface area contributed by atoms with Crippen LogP contribution in [0.25, 0.3) is 6.08 Å². The maximum Gasteiger partial charge on any atom is 0.248 e. The first-order valence-electron chi connectivity index (χ1n) is 6.77. The smallest absolute Gasteiger partial charge is 0.248 e. The van der Waals surface area contributed by atoms with Crippen LogP contribution in [0.5, 0.6) is 0 Å². The molecule has 0 saturated heterocycles. The fraction of sp³-hybridized carbons (Fsp3) is 0.0625. The van der Waals surface area contributed by atoms with Crippen LogP contribution < -0.4 is 10.5 Å². The number of halogens is 2. The molecule has 0 heterocycles. The van der Waals surface area contributed by atoms with Gasteiger partial charge in [-0.2, -0.15) is 0 Å². The molecule has 2 aromatic carbocycles. The lowest BCUT2D eigenvalue weighted by Gasteiger charge is -2.05. The van der Waals surface area contributed by atoms with Gasteiger partial charge < -0.3 is 5.32 Å². The molecule has 0 spiro atoms. The number of carbonyl (C=O) groups is 1. The first kappa shape index (κ1) is 18.5. The molecule has 0 bridgehead atoms. The topological polar surface area (TPSA) is 89.3 Å².